The highest BCUT2D eigenvalue weighted by Gasteiger charge is 2.44. The van der Waals surface area contributed by atoms with E-state index < -0.39 is 5.60 Å². The predicted molar refractivity (Wildman–Crippen MR) is 83.5 cm³/mol. The maximum absolute atomic E-state index is 10.4. The molecule has 0 bridgehead atoms. The Labute approximate surface area is 124 Å². The fourth-order valence-corrected chi connectivity index (χ4v) is 4.15. The van der Waals surface area contributed by atoms with E-state index in [1.54, 1.807) is 0 Å². The summed E-state index contributed by atoms with van der Waals surface area (Å²) in [5.41, 5.74) is 2.48. The SMILES string of the molecule is CCCCC1=C2CC(C(C)(C)O)CC[C@]2(C)CCC1O. The van der Waals surface area contributed by atoms with E-state index in [4.69, 9.17) is 0 Å². The number of hydrogen-bond donors (Lipinski definition) is 2. The third kappa shape index (κ3) is 3.12. The van der Waals surface area contributed by atoms with Crippen LogP contribution in [0.4, 0.5) is 0 Å². The van der Waals surface area contributed by atoms with Crippen molar-refractivity contribution in [3.63, 3.8) is 0 Å². The van der Waals surface area contributed by atoms with Gasteiger partial charge in [0.1, 0.15) is 0 Å². The largest absolute Gasteiger partial charge is 0.390 e. The molecule has 2 unspecified atom stereocenters. The lowest BCUT2D eigenvalue weighted by molar-refractivity contribution is -0.00760. The standard InChI is InChI=1S/C18H32O2/c1-5-6-7-14-15-12-13(17(2,3)20)8-10-18(15,4)11-9-16(14)19/h13,16,19-20H,5-12H2,1-4H3/t13?,16?,18-/m1/s1. The fraction of sp³-hybridized carbons (Fsp3) is 0.889. The molecule has 2 nitrogen and oxygen atoms in total. The van der Waals surface area contributed by atoms with Crippen molar-refractivity contribution in [3.05, 3.63) is 11.1 Å². The van der Waals surface area contributed by atoms with E-state index in [1.807, 2.05) is 13.8 Å². The summed E-state index contributed by atoms with van der Waals surface area (Å²) in [6.07, 6.45) is 8.44. The molecule has 0 amide bonds. The highest BCUT2D eigenvalue weighted by atomic mass is 16.3. The molecule has 2 N–H and O–H groups in total. The van der Waals surface area contributed by atoms with Gasteiger partial charge in [-0.05, 0) is 75.7 Å². The lowest BCUT2D eigenvalue weighted by atomic mass is 9.59. The Morgan fingerprint density at radius 1 is 1.25 bits per heavy atom. The smallest absolute Gasteiger partial charge is 0.0753 e. The second-order valence-corrected chi connectivity index (χ2v) is 7.82. The second-order valence-electron chi connectivity index (χ2n) is 7.82. The van der Waals surface area contributed by atoms with Crippen LogP contribution in [0.1, 0.15) is 79.1 Å². The van der Waals surface area contributed by atoms with Crippen LogP contribution in [-0.2, 0) is 0 Å². The van der Waals surface area contributed by atoms with Crippen molar-refractivity contribution in [2.45, 2.75) is 90.8 Å². The monoisotopic (exact) mass is 280 g/mol. The Kier molecular flexibility index (Phi) is 4.66. The van der Waals surface area contributed by atoms with Gasteiger partial charge >= 0.3 is 0 Å². The van der Waals surface area contributed by atoms with Gasteiger partial charge in [0.15, 0.2) is 0 Å². The maximum atomic E-state index is 10.4. The number of unbranched alkanes of at least 4 members (excludes halogenated alkanes) is 1. The minimum atomic E-state index is -0.605. The molecule has 0 saturated heterocycles. The van der Waals surface area contributed by atoms with Crippen molar-refractivity contribution in [2.75, 3.05) is 0 Å². The minimum Gasteiger partial charge on any atom is -0.390 e. The van der Waals surface area contributed by atoms with Gasteiger partial charge < -0.3 is 10.2 Å². The topological polar surface area (TPSA) is 40.5 Å². The molecule has 1 fully saturated rings. The third-order valence-corrected chi connectivity index (χ3v) is 5.78. The molecule has 0 aromatic rings. The zero-order valence-corrected chi connectivity index (χ0v) is 13.7. The van der Waals surface area contributed by atoms with Crippen LogP contribution in [0.2, 0.25) is 0 Å². The number of fused-ring (bicyclic) bond motifs is 1. The number of rotatable bonds is 4. The third-order valence-electron chi connectivity index (χ3n) is 5.78. The Morgan fingerprint density at radius 2 is 1.90 bits per heavy atom. The summed E-state index contributed by atoms with van der Waals surface area (Å²) < 4.78 is 0. The van der Waals surface area contributed by atoms with Gasteiger partial charge in [0.25, 0.3) is 0 Å². The van der Waals surface area contributed by atoms with E-state index in [2.05, 4.69) is 13.8 Å². The van der Waals surface area contributed by atoms with Crippen molar-refractivity contribution >= 4 is 0 Å². The van der Waals surface area contributed by atoms with Gasteiger partial charge in [0, 0.05) is 0 Å². The van der Waals surface area contributed by atoms with E-state index >= 15 is 0 Å². The number of allylic oxidation sites excluding steroid dienone is 1. The van der Waals surface area contributed by atoms with E-state index in [0.717, 1.165) is 32.1 Å². The average Bonchev–Trinajstić information content (AvgIpc) is 2.36. The van der Waals surface area contributed by atoms with Crippen molar-refractivity contribution in [2.24, 2.45) is 11.3 Å². The molecule has 2 heteroatoms. The zero-order chi connectivity index (χ0) is 15.0. The quantitative estimate of drug-likeness (QED) is 0.757. The van der Waals surface area contributed by atoms with Gasteiger partial charge in [-0.15, -0.1) is 0 Å². The number of aliphatic hydroxyl groups excluding tert-OH is 1. The number of aliphatic hydroxyl groups is 2. The predicted octanol–water partition coefficient (Wildman–Crippen LogP) is 4.21. The molecule has 0 aromatic carbocycles. The molecule has 2 aliphatic rings. The Hall–Kier alpha value is -0.340. The zero-order valence-electron chi connectivity index (χ0n) is 13.7. The lowest BCUT2D eigenvalue weighted by Crippen LogP contribution is -2.41. The van der Waals surface area contributed by atoms with Gasteiger partial charge in [-0.2, -0.15) is 0 Å². The Bertz CT molecular complexity index is 377. The van der Waals surface area contributed by atoms with Crippen LogP contribution in [0, 0.1) is 11.3 Å². The van der Waals surface area contributed by atoms with Crippen molar-refractivity contribution in [3.8, 4) is 0 Å². The average molecular weight is 280 g/mol. The molecule has 2 rings (SSSR count). The van der Waals surface area contributed by atoms with E-state index in [0.29, 0.717) is 5.92 Å². The van der Waals surface area contributed by atoms with E-state index in [1.165, 1.54) is 30.4 Å². The first kappa shape index (κ1) is 16.0. The van der Waals surface area contributed by atoms with Crippen molar-refractivity contribution in [1.82, 2.24) is 0 Å². The first-order chi connectivity index (χ1) is 9.28. The second kappa shape index (κ2) is 5.81. The molecule has 0 aliphatic heterocycles. The highest BCUT2D eigenvalue weighted by Crippen LogP contribution is 2.53. The summed E-state index contributed by atoms with van der Waals surface area (Å²) in [5, 5.41) is 20.8. The van der Waals surface area contributed by atoms with Crippen LogP contribution in [0.25, 0.3) is 0 Å². The molecule has 3 atom stereocenters. The minimum absolute atomic E-state index is 0.231. The summed E-state index contributed by atoms with van der Waals surface area (Å²) in [6, 6.07) is 0. The molecule has 0 radical (unpaired) electrons. The van der Waals surface area contributed by atoms with Gasteiger partial charge in [0.05, 0.1) is 11.7 Å². The molecule has 20 heavy (non-hydrogen) atoms. The molecule has 2 aliphatic carbocycles. The van der Waals surface area contributed by atoms with Crippen LogP contribution in [0.15, 0.2) is 11.1 Å². The van der Waals surface area contributed by atoms with E-state index in [-0.39, 0.29) is 11.5 Å². The fourth-order valence-electron chi connectivity index (χ4n) is 4.15. The summed E-state index contributed by atoms with van der Waals surface area (Å²) in [5.74, 6) is 0.340. The molecule has 116 valence electrons. The van der Waals surface area contributed by atoms with Crippen LogP contribution in [-0.4, -0.2) is 21.9 Å². The van der Waals surface area contributed by atoms with Crippen LogP contribution < -0.4 is 0 Å². The lowest BCUT2D eigenvalue weighted by Gasteiger charge is -2.48. The Balaban J connectivity index is 2.30. The van der Waals surface area contributed by atoms with E-state index in [9.17, 15) is 10.2 Å². The van der Waals surface area contributed by atoms with Crippen LogP contribution >= 0.6 is 0 Å². The Morgan fingerprint density at radius 3 is 2.50 bits per heavy atom. The number of hydrogen-bond acceptors (Lipinski definition) is 2. The highest BCUT2D eigenvalue weighted by molar-refractivity contribution is 5.30. The summed E-state index contributed by atoms with van der Waals surface area (Å²) >= 11 is 0. The van der Waals surface area contributed by atoms with Crippen molar-refractivity contribution < 1.29 is 10.2 Å². The van der Waals surface area contributed by atoms with Crippen molar-refractivity contribution in [1.29, 1.82) is 0 Å². The van der Waals surface area contributed by atoms with Gasteiger partial charge in [-0.3, -0.25) is 0 Å². The molecule has 0 aromatic heterocycles. The normalized spacial score (nSPS) is 35.1. The van der Waals surface area contributed by atoms with Gasteiger partial charge in [-0.25, -0.2) is 0 Å². The van der Waals surface area contributed by atoms with Gasteiger partial charge in [-0.1, -0.05) is 25.8 Å². The molecular formula is C18H32O2. The summed E-state index contributed by atoms with van der Waals surface area (Å²) in [4.78, 5) is 0. The summed E-state index contributed by atoms with van der Waals surface area (Å²) in [7, 11) is 0. The first-order valence-electron chi connectivity index (χ1n) is 8.41. The van der Waals surface area contributed by atoms with Gasteiger partial charge in [0.2, 0.25) is 0 Å². The molecular weight excluding hydrogens is 248 g/mol. The maximum Gasteiger partial charge on any atom is 0.0753 e. The molecule has 1 saturated carbocycles. The summed E-state index contributed by atoms with van der Waals surface area (Å²) in [6.45, 7) is 8.46. The van der Waals surface area contributed by atoms with Crippen LogP contribution in [0.5, 0.6) is 0 Å². The first-order valence-corrected chi connectivity index (χ1v) is 8.41. The molecule has 0 heterocycles. The van der Waals surface area contributed by atoms with Crippen LogP contribution in [0.3, 0.4) is 0 Å². The molecule has 0 spiro atoms.